The van der Waals surface area contributed by atoms with E-state index in [-0.39, 0.29) is 18.4 Å². The van der Waals surface area contributed by atoms with Crippen molar-refractivity contribution in [2.45, 2.75) is 76.3 Å². The van der Waals surface area contributed by atoms with Crippen LogP contribution in [0, 0.1) is 5.92 Å². The highest BCUT2D eigenvalue weighted by Crippen LogP contribution is 2.38. The van der Waals surface area contributed by atoms with Gasteiger partial charge in [-0.3, -0.25) is 9.69 Å². The van der Waals surface area contributed by atoms with Crippen LogP contribution in [0.2, 0.25) is 0 Å². The number of ether oxygens (including phenoxy) is 3. The molecule has 0 aromatic heterocycles. The highest BCUT2D eigenvalue weighted by Gasteiger charge is 2.34. The molecule has 0 unspecified atom stereocenters. The smallest absolute Gasteiger partial charge is 0.407 e. The second-order valence-electron chi connectivity index (χ2n) is 14.0. The molecule has 5 atom stereocenters. The first-order valence-electron chi connectivity index (χ1n) is 17.3. The zero-order chi connectivity index (χ0) is 34.8. The van der Waals surface area contributed by atoms with Crippen molar-refractivity contribution in [2.75, 3.05) is 39.5 Å². The number of aliphatic hydroxyl groups is 2. The Bertz CT molecular complexity index is 1490. The van der Waals surface area contributed by atoms with E-state index in [2.05, 4.69) is 15.5 Å². The van der Waals surface area contributed by atoms with Crippen LogP contribution in [0.25, 0.3) is 0 Å². The third-order valence-corrected chi connectivity index (χ3v) is 9.05. The van der Waals surface area contributed by atoms with Crippen molar-refractivity contribution in [2.24, 2.45) is 5.92 Å². The van der Waals surface area contributed by atoms with Gasteiger partial charge in [0.15, 0.2) is 0 Å². The summed E-state index contributed by atoms with van der Waals surface area (Å²) in [6.45, 7) is 10.1. The number of alkyl carbamates (subject to hydrolysis) is 1. The SMILES string of the molecule is CC(C)(C)OC(=O)N[C@@H](Cc1ccccc1)[C@@H](O)C[C@@H](Cc1ccc(OCCN2CCOCC2)cc1)C(=O)N[C@H]1C[C@@H](O)c2ccccc21. The average molecular weight is 674 g/mol. The van der Waals surface area contributed by atoms with E-state index >= 15 is 0 Å². The number of nitrogens with zero attached hydrogens (tertiary/aromatic N) is 1. The maximum atomic E-state index is 14.1. The molecule has 5 rings (SSSR count). The topological polar surface area (TPSA) is 130 Å². The highest BCUT2D eigenvalue weighted by molar-refractivity contribution is 5.80. The Kier molecular flexibility index (Phi) is 12.7. The van der Waals surface area contributed by atoms with Crippen LogP contribution in [0.5, 0.6) is 5.75 Å². The quantitative estimate of drug-likeness (QED) is 0.193. The lowest BCUT2D eigenvalue weighted by molar-refractivity contribution is -0.127. The summed E-state index contributed by atoms with van der Waals surface area (Å²) in [5.74, 6) is -0.111. The zero-order valence-corrected chi connectivity index (χ0v) is 28.8. The van der Waals surface area contributed by atoms with Gasteiger partial charge in [-0.2, -0.15) is 0 Å². The standard InChI is InChI=1S/C39H51N3O7/c1-39(2,3)49-38(46)41-34(24-27-9-5-4-6-10-27)36(44)25-29(37(45)40-33-26-35(43)32-12-8-7-11-31(32)33)23-28-13-15-30(16-14-28)48-22-19-42-17-20-47-21-18-42/h4-16,29,33-36,43-44H,17-26H2,1-3H3,(H,40,45)(H,41,46)/t29-,33+,34+,35-,36+/m1/s1. The summed E-state index contributed by atoms with van der Waals surface area (Å²) in [6.07, 6.45) is -1.16. The number of carbonyl (C=O) groups excluding carboxylic acids is 2. The summed E-state index contributed by atoms with van der Waals surface area (Å²) in [7, 11) is 0. The second kappa shape index (κ2) is 17.1. The van der Waals surface area contributed by atoms with Crippen molar-refractivity contribution in [1.29, 1.82) is 0 Å². The van der Waals surface area contributed by atoms with E-state index in [1.807, 2.05) is 78.9 Å². The number of amides is 2. The number of nitrogens with one attached hydrogen (secondary N) is 2. The summed E-state index contributed by atoms with van der Waals surface area (Å²) < 4.78 is 16.9. The molecule has 4 N–H and O–H groups in total. The Labute approximate surface area is 289 Å². The number of hydrogen-bond donors (Lipinski definition) is 4. The van der Waals surface area contributed by atoms with Crippen LogP contribution >= 0.6 is 0 Å². The van der Waals surface area contributed by atoms with Gasteiger partial charge in [0.2, 0.25) is 5.91 Å². The largest absolute Gasteiger partial charge is 0.492 e. The van der Waals surface area contributed by atoms with E-state index in [1.54, 1.807) is 20.8 Å². The van der Waals surface area contributed by atoms with Crippen LogP contribution < -0.4 is 15.4 Å². The Hall–Kier alpha value is -3.96. The van der Waals surface area contributed by atoms with Crippen LogP contribution in [-0.2, 0) is 27.1 Å². The minimum Gasteiger partial charge on any atom is -0.492 e. The number of benzene rings is 3. The number of aliphatic hydroxyl groups excluding tert-OH is 2. The summed E-state index contributed by atoms with van der Waals surface area (Å²) in [5.41, 5.74) is 2.85. The lowest BCUT2D eigenvalue weighted by atomic mass is 9.88. The normalized spacial score (nSPS) is 19.7. The maximum Gasteiger partial charge on any atom is 0.407 e. The average Bonchev–Trinajstić information content (AvgIpc) is 3.39. The molecule has 10 nitrogen and oxygen atoms in total. The molecule has 1 aliphatic heterocycles. The van der Waals surface area contributed by atoms with Crippen molar-refractivity contribution in [3.63, 3.8) is 0 Å². The molecule has 2 aliphatic rings. The third kappa shape index (κ3) is 11.0. The zero-order valence-electron chi connectivity index (χ0n) is 28.8. The monoisotopic (exact) mass is 673 g/mol. The van der Waals surface area contributed by atoms with Gasteiger partial charge in [0.05, 0.1) is 37.5 Å². The molecule has 0 saturated carbocycles. The van der Waals surface area contributed by atoms with Crippen LogP contribution in [0.4, 0.5) is 4.79 Å². The van der Waals surface area contributed by atoms with E-state index in [4.69, 9.17) is 14.2 Å². The summed E-state index contributed by atoms with van der Waals surface area (Å²) in [5, 5.41) is 28.4. The predicted octanol–water partition coefficient (Wildman–Crippen LogP) is 4.74. The Morgan fingerprint density at radius 1 is 0.918 bits per heavy atom. The van der Waals surface area contributed by atoms with Gasteiger partial charge in [0, 0.05) is 32.0 Å². The van der Waals surface area contributed by atoms with Crippen molar-refractivity contribution in [1.82, 2.24) is 15.5 Å². The molecule has 1 heterocycles. The number of rotatable bonds is 14. The van der Waals surface area contributed by atoms with Crippen LogP contribution in [0.3, 0.4) is 0 Å². The van der Waals surface area contributed by atoms with Gasteiger partial charge in [0.25, 0.3) is 0 Å². The van der Waals surface area contributed by atoms with E-state index in [1.165, 1.54) is 0 Å². The first-order valence-corrected chi connectivity index (χ1v) is 17.3. The van der Waals surface area contributed by atoms with Gasteiger partial charge < -0.3 is 35.1 Å². The van der Waals surface area contributed by atoms with Crippen molar-refractivity contribution in [3.05, 3.63) is 101 Å². The lowest BCUT2D eigenvalue weighted by Gasteiger charge is -2.29. The van der Waals surface area contributed by atoms with E-state index < -0.39 is 35.9 Å². The molecule has 0 bridgehead atoms. The molecule has 3 aromatic carbocycles. The molecule has 1 aliphatic carbocycles. The predicted molar refractivity (Wildman–Crippen MR) is 187 cm³/mol. The summed E-state index contributed by atoms with van der Waals surface area (Å²) in [4.78, 5) is 29.2. The summed E-state index contributed by atoms with van der Waals surface area (Å²) >= 11 is 0. The number of hydrogen-bond acceptors (Lipinski definition) is 8. The first-order chi connectivity index (χ1) is 23.5. The molecular weight excluding hydrogens is 622 g/mol. The van der Waals surface area contributed by atoms with Gasteiger partial charge in [0.1, 0.15) is 18.0 Å². The first kappa shape index (κ1) is 36.3. The Balaban J connectivity index is 1.30. The van der Waals surface area contributed by atoms with Crippen LogP contribution in [0.15, 0.2) is 78.9 Å². The molecule has 2 amide bonds. The molecule has 1 saturated heterocycles. The fourth-order valence-electron chi connectivity index (χ4n) is 6.51. The minimum absolute atomic E-state index is 0.0911. The Morgan fingerprint density at radius 2 is 1.57 bits per heavy atom. The molecule has 264 valence electrons. The fraction of sp³-hybridized carbons (Fsp3) is 0.487. The third-order valence-electron chi connectivity index (χ3n) is 9.05. The van der Waals surface area contributed by atoms with E-state index in [0.717, 1.165) is 60.9 Å². The molecule has 0 radical (unpaired) electrons. The van der Waals surface area contributed by atoms with Gasteiger partial charge in [-0.15, -0.1) is 0 Å². The number of morpholine rings is 1. The molecule has 1 fully saturated rings. The van der Waals surface area contributed by atoms with Crippen LogP contribution in [0.1, 0.15) is 68.0 Å². The molecule has 49 heavy (non-hydrogen) atoms. The maximum absolute atomic E-state index is 14.1. The van der Waals surface area contributed by atoms with Crippen molar-refractivity contribution < 1.29 is 34.0 Å². The lowest BCUT2D eigenvalue weighted by Crippen LogP contribution is -2.48. The summed E-state index contributed by atoms with van der Waals surface area (Å²) in [6, 6.07) is 23.9. The van der Waals surface area contributed by atoms with Crippen LogP contribution in [-0.4, -0.2) is 84.3 Å². The number of fused-ring (bicyclic) bond motifs is 1. The van der Waals surface area contributed by atoms with E-state index in [9.17, 15) is 19.8 Å². The molecule has 0 spiro atoms. The molecular formula is C39H51N3O7. The minimum atomic E-state index is -1.06. The second-order valence-corrected chi connectivity index (χ2v) is 14.0. The fourth-order valence-corrected chi connectivity index (χ4v) is 6.51. The van der Waals surface area contributed by atoms with Gasteiger partial charge in [-0.25, -0.2) is 4.79 Å². The van der Waals surface area contributed by atoms with E-state index in [0.29, 0.717) is 25.9 Å². The highest BCUT2D eigenvalue weighted by atomic mass is 16.6. The molecule has 10 heteroatoms. The van der Waals surface area contributed by atoms with Crippen molar-refractivity contribution in [3.8, 4) is 5.75 Å². The van der Waals surface area contributed by atoms with Gasteiger partial charge in [-0.1, -0.05) is 66.7 Å². The van der Waals surface area contributed by atoms with Crippen molar-refractivity contribution >= 4 is 12.0 Å². The van der Waals surface area contributed by atoms with Gasteiger partial charge >= 0.3 is 6.09 Å². The Morgan fingerprint density at radius 3 is 2.27 bits per heavy atom. The molecule has 3 aromatic rings. The van der Waals surface area contributed by atoms with Gasteiger partial charge in [-0.05, 0) is 74.4 Å². The number of carbonyl (C=O) groups is 2.